The van der Waals surface area contributed by atoms with Crippen LogP contribution in [0.4, 0.5) is 23.4 Å². The van der Waals surface area contributed by atoms with Crippen LogP contribution in [-0.4, -0.2) is 43.8 Å². The van der Waals surface area contributed by atoms with Crippen molar-refractivity contribution < 1.29 is 27.3 Å². The maximum Gasteiger partial charge on any atom is 0.381 e. The average Bonchev–Trinajstić information content (AvgIpc) is 2.85. The fourth-order valence-corrected chi connectivity index (χ4v) is 1.61. The molecule has 0 unspecified atom stereocenters. The lowest BCUT2D eigenvalue weighted by molar-refractivity contribution is -0.389. The molecule has 0 saturated carbocycles. The zero-order valence-corrected chi connectivity index (χ0v) is 12.3. The molecule has 13 heteroatoms. The minimum absolute atomic E-state index is 0.0101. The Bertz CT molecular complexity index is 541. The highest BCUT2D eigenvalue weighted by Gasteiger charge is 2.55. The summed E-state index contributed by atoms with van der Waals surface area (Å²) >= 11 is 0.996. The van der Waals surface area contributed by atoms with Crippen molar-refractivity contribution in [3.05, 3.63) is 22.6 Å². The highest BCUT2D eigenvalue weighted by molar-refractivity contribution is 14.1. The van der Waals surface area contributed by atoms with Crippen LogP contribution in [0.15, 0.2) is 12.5 Å². The smallest absolute Gasteiger partial charge is 0.358 e. The van der Waals surface area contributed by atoms with Crippen molar-refractivity contribution in [1.29, 1.82) is 0 Å². The van der Waals surface area contributed by atoms with E-state index >= 15 is 0 Å². The maximum atomic E-state index is 13.1. The Morgan fingerprint density at radius 2 is 2.14 bits per heavy atom. The van der Waals surface area contributed by atoms with Gasteiger partial charge in [-0.25, -0.2) is 8.78 Å². The minimum Gasteiger partial charge on any atom is -0.358 e. The Hall–Kier alpha value is -1.41. The second-order valence-corrected chi connectivity index (χ2v) is 4.50. The van der Waals surface area contributed by atoms with Crippen molar-refractivity contribution in [1.82, 2.24) is 14.9 Å². The third-order valence-electron chi connectivity index (χ3n) is 2.27. The van der Waals surface area contributed by atoms with E-state index in [1.165, 1.54) is 0 Å². The number of hydrogen-bond acceptors (Lipinski definition) is 4. The average molecular weight is 421 g/mol. The first-order valence-corrected chi connectivity index (χ1v) is 6.47. The molecule has 1 amide bonds. The molecule has 1 N–H and O–H groups in total. The minimum atomic E-state index is -4.44. The first-order chi connectivity index (χ1) is 9.59. The Morgan fingerprint density at radius 1 is 1.52 bits per heavy atom. The van der Waals surface area contributed by atoms with Crippen LogP contribution in [0.5, 0.6) is 0 Å². The molecule has 0 aromatic carbocycles. The van der Waals surface area contributed by atoms with Crippen molar-refractivity contribution in [2.24, 2.45) is 0 Å². The molecule has 7 nitrogen and oxygen atoms in total. The van der Waals surface area contributed by atoms with Crippen LogP contribution in [0.25, 0.3) is 0 Å². The number of aromatic nitrogens is 2. The largest absolute Gasteiger partial charge is 0.381 e. The number of rotatable bonds is 7. The lowest BCUT2D eigenvalue weighted by Gasteiger charge is -2.24. The van der Waals surface area contributed by atoms with Gasteiger partial charge in [-0.05, 0) is 9.91 Å². The van der Waals surface area contributed by atoms with E-state index in [1.54, 1.807) is 5.32 Å². The summed E-state index contributed by atoms with van der Waals surface area (Å²) in [6, 6.07) is 0. The van der Waals surface area contributed by atoms with Gasteiger partial charge in [0.05, 0.1) is 6.54 Å². The molecular weight excluding hydrogens is 414 g/mol. The van der Waals surface area contributed by atoms with Crippen LogP contribution in [0, 0.1) is 10.1 Å². The Balaban J connectivity index is 2.56. The van der Waals surface area contributed by atoms with Crippen LogP contribution < -0.4 is 5.32 Å². The molecule has 1 radical (unpaired) electrons. The molecule has 0 fully saturated rings. The highest BCUT2D eigenvalue weighted by atomic mass is 127. The fraction of sp³-hybridized carbons (Fsp3) is 0.500. The van der Waals surface area contributed by atoms with E-state index < -0.39 is 41.5 Å². The van der Waals surface area contributed by atoms with Gasteiger partial charge >= 0.3 is 16.9 Å². The van der Waals surface area contributed by atoms with Gasteiger partial charge in [-0.3, -0.25) is 4.79 Å². The summed E-state index contributed by atoms with van der Waals surface area (Å²) in [4.78, 5) is 24.2. The van der Waals surface area contributed by atoms with E-state index in [2.05, 4.69) is 4.98 Å². The summed E-state index contributed by atoms with van der Waals surface area (Å²) in [6.07, 6.45) is 1.86. The Morgan fingerprint density at radius 3 is 2.62 bits per heavy atom. The molecule has 0 aliphatic rings. The van der Waals surface area contributed by atoms with E-state index in [1.807, 2.05) is 0 Å². The van der Waals surface area contributed by atoms with Crippen LogP contribution in [0.1, 0.15) is 0 Å². The summed E-state index contributed by atoms with van der Waals surface area (Å²) in [5.74, 6) is -10.3. The van der Waals surface area contributed by atoms with Crippen LogP contribution in [-0.2, 0) is 11.3 Å². The molecule has 0 bridgehead atoms. The predicted octanol–water partition coefficient (Wildman–Crippen LogP) is 1.19. The first kappa shape index (κ1) is 17.6. The van der Waals surface area contributed by atoms with E-state index in [0.717, 1.165) is 39.5 Å². The summed E-state index contributed by atoms with van der Waals surface area (Å²) in [7, 11) is 0. The highest BCUT2D eigenvalue weighted by Crippen LogP contribution is 2.33. The quantitative estimate of drug-likeness (QED) is 0.236. The van der Waals surface area contributed by atoms with Gasteiger partial charge in [0.2, 0.25) is 12.2 Å². The molecule has 21 heavy (non-hydrogen) atoms. The molecule has 1 aromatic heterocycles. The number of carbonyl (C=O) groups excluding carboxylic acids is 1. The third kappa shape index (κ3) is 4.54. The van der Waals surface area contributed by atoms with Gasteiger partial charge < -0.3 is 20.0 Å². The van der Waals surface area contributed by atoms with Gasteiger partial charge in [0, 0.05) is 0 Å². The molecule has 0 spiro atoms. The zero-order chi connectivity index (χ0) is 16.3. The zero-order valence-electron chi connectivity index (χ0n) is 10.1. The van der Waals surface area contributed by atoms with Crippen molar-refractivity contribution in [3.8, 4) is 0 Å². The van der Waals surface area contributed by atoms with Gasteiger partial charge in [-0.2, -0.15) is 8.78 Å². The summed E-state index contributed by atoms with van der Waals surface area (Å²) < 4.78 is 52.9. The van der Waals surface area contributed by atoms with Crippen molar-refractivity contribution >= 4 is 39.2 Å². The maximum absolute atomic E-state index is 13.1. The molecule has 1 rings (SSSR count). The molecule has 0 aliphatic heterocycles. The Kier molecular flexibility index (Phi) is 5.52. The summed E-state index contributed by atoms with van der Waals surface area (Å²) in [5, 5.41) is 12.0. The van der Waals surface area contributed by atoms with Gasteiger partial charge in [-0.15, -0.1) is 22.4 Å². The van der Waals surface area contributed by atoms with E-state index in [9.17, 15) is 32.5 Å². The molecule has 0 aliphatic carbocycles. The van der Waals surface area contributed by atoms with E-state index in [4.69, 9.17) is 0 Å². The number of alkyl halides is 4. The SMILES string of the molecule is O=C(Cn1cnc([N+](=O)[O-])c1)NCC(F)(F)C(F)(F)[B]I. The van der Waals surface area contributed by atoms with Gasteiger partial charge in [0.15, 0.2) is 0 Å². The molecule has 1 heterocycles. The van der Waals surface area contributed by atoms with Crippen LogP contribution in [0.2, 0.25) is 0 Å². The monoisotopic (exact) mass is 421 g/mol. The topological polar surface area (TPSA) is 90.1 Å². The van der Waals surface area contributed by atoms with Crippen molar-refractivity contribution in [3.63, 3.8) is 0 Å². The number of imidazole rings is 1. The summed E-state index contributed by atoms with van der Waals surface area (Å²) in [6.45, 7) is -2.12. The number of carbonyl (C=O) groups is 1. The van der Waals surface area contributed by atoms with Crippen molar-refractivity contribution in [2.45, 2.75) is 18.3 Å². The molecule has 115 valence electrons. The number of nitrogens with zero attached hydrogens (tertiary/aromatic N) is 3. The standard InChI is InChI=1S/C8H7BF4IN4O3/c10-7(11,8(12,13)9-14)3-15-6(19)2-17-1-5(16-4-17)18(20)21/h1,4H,2-3H2,(H,15,19). The third-order valence-corrected chi connectivity index (χ3v) is 3.05. The first-order valence-electron chi connectivity index (χ1n) is 5.22. The second-order valence-electron chi connectivity index (χ2n) is 3.87. The fourth-order valence-electron chi connectivity index (χ4n) is 1.16. The number of halogens is 5. The number of nitro groups is 1. The summed E-state index contributed by atoms with van der Waals surface area (Å²) in [5.41, 5.74) is 0. The lowest BCUT2D eigenvalue weighted by atomic mass is 9.91. The van der Waals surface area contributed by atoms with Gasteiger partial charge in [0.25, 0.3) is 5.82 Å². The lowest BCUT2D eigenvalue weighted by Crippen LogP contribution is -2.51. The van der Waals surface area contributed by atoms with Crippen molar-refractivity contribution in [2.75, 3.05) is 6.54 Å². The van der Waals surface area contributed by atoms with Gasteiger partial charge in [0.1, 0.15) is 12.7 Å². The normalized spacial score (nSPS) is 12.0. The molecule has 1 aromatic rings. The van der Waals surface area contributed by atoms with E-state index in [-0.39, 0.29) is 5.14 Å². The van der Waals surface area contributed by atoms with Crippen LogP contribution >= 0.6 is 22.4 Å². The number of nitrogens with one attached hydrogen (secondary N) is 1. The Labute approximate surface area is 129 Å². The molecule has 0 atom stereocenters. The molecule has 0 saturated heterocycles. The number of amides is 1. The molecular formula is C8H7BF4IN4O3. The predicted molar refractivity (Wildman–Crippen MR) is 71.6 cm³/mol. The second kappa shape index (κ2) is 6.57. The number of hydrogen-bond donors (Lipinski definition) is 1. The van der Waals surface area contributed by atoms with E-state index in [0.29, 0.717) is 0 Å². The van der Waals surface area contributed by atoms with Gasteiger partial charge in [-0.1, -0.05) is 0 Å². The van der Waals surface area contributed by atoms with Crippen LogP contribution in [0.3, 0.4) is 0 Å².